The second-order valence-corrected chi connectivity index (χ2v) is 4.46. The highest BCUT2D eigenvalue weighted by Gasteiger charge is 1.99. The molecule has 72 valence electrons. The molecule has 0 saturated carbocycles. The topological polar surface area (TPSA) is 24.9 Å². The van der Waals surface area contributed by atoms with Crippen LogP contribution >= 0.6 is 23.4 Å². The molecule has 0 aliphatic carbocycles. The molecule has 0 spiro atoms. The van der Waals surface area contributed by atoms with Crippen molar-refractivity contribution in [1.29, 1.82) is 0 Å². The summed E-state index contributed by atoms with van der Waals surface area (Å²) < 4.78 is 0. The van der Waals surface area contributed by atoms with Crippen molar-refractivity contribution in [3.8, 4) is 0 Å². The molecular formula is C9H13ClN2S. The lowest BCUT2D eigenvalue weighted by Crippen LogP contribution is -2.12. The first-order valence-corrected chi connectivity index (χ1v) is 5.77. The lowest BCUT2D eigenvalue weighted by Gasteiger charge is -2.10. The minimum Gasteiger partial charge on any atom is -0.384 e. The van der Waals surface area contributed by atoms with Crippen LogP contribution in [0.4, 0.5) is 5.69 Å². The predicted molar refractivity (Wildman–Crippen MR) is 60.7 cm³/mol. The first-order chi connectivity index (χ1) is 6.22. The molecule has 0 saturated heterocycles. The third kappa shape index (κ3) is 3.87. The van der Waals surface area contributed by atoms with Gasteiger partial charge in [0.15, 0.2) is 0 Å². The predicted octanol–water partition coefficient (Wildman–Crippen LogP) is 2.90. The van der Waals surface area contributed by atoms with Gasteiger partial charge in [-0.25, -0.2) is 4.98 Å². The van der Waals surface area contributed by atoms with Crippen LogP contribution in [0.3, 0.4) is 0 Å². The number of nitrogens with one attached hydrogen (secondary N) is 1. The number of nitrogens with zero attached hydrogens (tertiary/aromatic N) is 1. The zero-order valence-electron chi connectivity index (χ0n) is 7.75. The van der Waals surface area contributed by atoms with Gasteiger partial charge in [0.1, 0.15) is 5.15 Å². The van der Waals surface area contributed by atoms with Crippen molar-refractivity contribution in [2.45, 2.75) is 12.2 Å². The van der Waals surface area contributed by atoms with Crippen molar-refractivity contribution in [3.05, 3.63) is 23.5 Å². The van der Waals surface area contributed by atoms with Gasteiger partial charge in [0, 0.05) is 23.7 Å². The molecular weight excluding hydrogens is 204 g/mol. The Labute approximate surface area is 88.1 Å². The van der Waals surface area contributed by atoms with Gasteiger partial charge in [0.25, 0.3) is 0 Å². The highest BCUT2D eigenvalue weighted by atomic mass is 35.5. The summed E-state index contributed by atoms with van der Waals surface area (Å²) in [6.07, 6.45) is 3.81. The van der Waals surface area contributed by atoms with Crippen LogP contribution in [-0.2, 0) is 0 Å². The molecule has 0 aliphatic heterocycles. The molecule has 1 aromatic rings. The zero-order valence-corrected chi connectivity index (χ0v) is 9.32. The Morgan fingerprint density at radius 2 is 2.46 bits per heavy atom. The fourth-order valence-electron chi connectivity index (χ4n) is 0.857. The van der Waals surface area contributed by atoms with Crippen LogP contribution in [-0.4, -0.2) is 23.0 Å². The first kappa shape index (κ1) is 10.7. The summed E-state index contributed by atoms with van der Waals surface area (Å²) >= 11 is 7.57. The average molecular weight is 217 g/mol. The Morgan fingerprint density at radius 1 is 1.69 bits per heavy atom. The van der Waals surface area contributed by atoms with Gasteiger partial charge in [0.2, 0.25) is 0 Å². The summed E-state index contributed by atoms with van der Waals surface area (Å²) in [5.41, 5.74) is 1.03. The maximum Gasteiger partial charge on any atom is 0.131 e. The monoisotopic (exact) mass is 216 g/mol. The molecule has 0 radical (unpaired) electrons. The van der Waals surface area contributed by atoms with Crippen LogP contribution < -0.4 is 5.32 Å². The number of anilines is 1. The van der Waals surface area contributed by atoms with Crippen LogP contribution in [0.25, 0.3) is 0 Å². The molecule has 1 N–H and O–H groups in total. The maximum atomic E-state index is 5.74. The molecule has 1 unspecified atom stereocenters. The van der Waals surface area contributed by atoms with Crippen LogP contribution in [0.2, 0.25) is 5.15 Å². The minimum absolute atomic E-state index is 0.529. The van der Waals surface area contributed by atoms with E-state index in [9.17, 15) is 0 Å². The van der Waals surface area contributed by atoms with E-state index < -0.39 is 0 Å². The maximum absolute atomic E-state index is 5.74. The molecule has 13 heavy (non-hydrogen) atoms. The van der Waals surface area contributed by atoms with E-state index in [0.717, 1.165) is 12.2 Å². The Bertz CT molecular complexity index is 268. The highest BCUT2D eigenvalue weighted by Crippen LogP contribution is 2.13. The summed E-state index contributed by atoms with van der Waals surface area (Å²) in [6, 6.07) is 3.74. The molecule has 1 aromatic heterocycles. The minimum atomic E-state index is 0.529. The SMILES string of the molecule is CSC(C)CNc1ccnc(Cl)c1. The van der Waals surface area contributed by atoms with E-state index in [0.29, 0.717) is 10.4 Å². The molecule has 0 fully saturated rings. The Morgan fingerprint density at radius 3 is 3.08 bits per heavy atom. The smallest absolute Gasteiger partial charge is 0.131 e. The van der Waals surface area contributed by atoms with Crippen molar-refractivity contribution >= 4 is 29.1 Å². The van der Waals surface area contributed by atoms with Gasteiger partial charge in [-0.1, -0.05) is 18.5 Å². The zero-order chi connectivity index (χ0) is 9.68. The largest absolute Gasteiger partial charge is 0.384 e. The fraction of sp³-hybridized carbons (Fsp3) is 0.444. The Kier molecular flexibility index (Phi) is 4.39. The van der Waals surface area contributed by atoms with Crippen molar-refractivity contribution in [2.75, 3.05) is 18.1 Å². The molecule has 1 rings (SSSR count). The van der Waals surface area contributed by atoms with E-state index in [2.05, 4.69) is 23.5 Å². The van der Waals surface area contributed by atoms with E-state index in [1.165, 1.54) is 0 Å². The first-order valence-electron chi connectivity index (χ1n) is 4.10. The number of thioether (sulfide) groups is 1. The van der Waals surface area contributed by atoms with Gasteiger partial charge in [0.05, 0.1) is 0 Å². The second-order valence-electron chi connectivity index (χ2n) is 2.79. The van der Waals surface area contributed by atoms with E-state index in [1.807, 2.05) is 23.9 Å². The van der Waals surface area contributed by atoms with Gasteiger partial charge < -0.3 is 5.32 Å². The van der Waals surface area contributed by atoms with Gasteiger partial charge >= 0.3 is 0 Å². The van der Waals surface area contributed by atoms with E-state index in [4.69, 9.17) is 11.6 Å². The van der Waals surface area contributed by atoms with Gasteiger partial charge in [-0.2, -0.15) is 11.8 Å². The Hall–Kier alpha value is -0.410. The molecule has 0 amide bonds. The van der Waals surface area contributed by atoms with E-state index in [1.54, 1.807) is 6.20 Å². The number of hydrogen-bond donors (Lipinski definition) is 1. The number of rotatable bonds is 4. The standard InChI is InChI=1S/C9H13ClN2S/c1-7(13-2)6-12-8-3-4-11-9(10)5-8/h3-5,7H,6H2,1-2H3,(H,11,12). The molecule has 2 nitrogen and oxygen atoms in total. The number of hydrogen-bond acceptors (Lipinski definition) is 3. The number of pyridine rings is 1. The number of aromatic nitrogens is 1. The van der Waals surface area contributed by atoms with Crippen LogP contribution in [0, 0.1) is 0 Å². The quantitative estimate of drug-likeness (QED) is 0.784. The van der Waals surface area contributed by atoms with Crippen molar-refractivity contribution in [2.24, 2.45) is 0 Å². The van der Waals surface area contributed by atoms with E-state index >= 15 is 0 Å². The third-order valence-electron chi connectivity index (χ3n) is 1.72. The van der Waals surface area contributed by atoms with Gasteiger partial charge in [-0.15, -0.1) is 0 Å². The molecule has 4 heteroatoms. The van der Waals surface area contributed by atoms with Crippen LogP contribution in [0.15, 0.2) is 18.3 Å². The molecule has 0 aromatic carbocycles. The average Bonchev–Trinajstić information content (AvgIpc) is 2.14. The lowest BCUT2D eigenvalue weighted by atomic mass is 10.4. The van der Waals surface area contributed by atoms with Crippen LogP contribution in [0.5, 0.6) is 0 Å². The highest BCUT2D eigenvalue weighted by molar-refractivity contribution is 7.99. The normalized spacial score (nSPS) is 12.5. The van der Waals surface area contributed by atoms with Crippen molar-refractivity contribution in [3.63, 3.8) is 0 Å². The fourth-order valence-corrected chi connectivity index (χ4v) is 1.28. The summed E-state index contributed by atoms with van der Waals surface area (Å²) in [5.74, 6) is 0. The van der Waals surface area contributed by atoms with Gasteiger partial charge in [-0.05, 0) is 18.4 Å². The molecule has 0 bridgehead atoms. The summed E-state index contributed by atoms with van der Waals surface area (Å²) in [7, 11) is 0. The van der Waals surface area contributed by atoms with Crippen molar-refractivity contribution in [1.82, 2.24) is 4.98 Å². The summed E-state index contributed by atoms with van der Waals surface area (Å²) in [4.78, 5) is 3.91. The summed E-state index contributed by atoms with van der Waals surface area (Å²) in [5, 5.41) is 4.42. The number of halogens is 1. The van der Waals surface area contributed by atoms with Crippen molar-refractivity contribution < 1.29 is 0 Å². The van der Waals surface area contributed by atoms with Crippen LogP contribution in [0.1, 0.15) is 6.92 Å². The third-order valence-corrected chi connectivity index (χ3v) is 2.90. The molecule has 0 aliphatic rings. The second kappa shape index (κ2) is 5.35. The van der Waals surface area contributed by atoms with Gasteiger partial charge in [-0.3, -0.25) is 0 Å². The summed E-state index contributed by atoms with van der Waals surface area (Å²) in [6.45, 7) is 3.13. The lowest BCUT2D eigenvalue weighted by molar-refractivity contribution is 1.00. The van der Waals surface area contributed by atoms with E-state index in [-0.39, 0.29) is 0 Å². The molecule has 1 atom stereocenters. The Balaban J connectivity index is 2.45. The molecule has 1 heterocycles.